The molecule has 0 aliphatic carbocycles. The zero-order valence-corrected chi connectivity index (χ0v) is 17.2. The van der Waals surface area contributed by atoms with Crippen LogP contribution in [0.3, 0.4) is 0 Å². The van der Waals surface area contributed by atoms with Crippen molar-refractivity contribution in [3.05, 3.63) is 11.6 Å². The van der Waals surface area contributed by atoms with Crippen molar-refractivity contribution in [2.24, 2.45) is 0 Å². The van der Waals surface area contributed by atoms with Gasteiger partial charge in [0, 0.05) is 6.42 Å². The van der Waals surface area contributed by atoms with E-state index in [4.69, 9.17) is 9.47 Å². The van der Waals surface area contributed by atoms with Gasteiger partial charge in [-0.05, 0) is 65.7 Å². The molecule has 3 heteroatoms. The van der Waals surface area contributed by atoms with Gasteiger partial charge in [-0.2, -0.15) is 0 Å². The highest BCUT2D eigenvalue weighted by atomic mass is 16.7. The maximum absolute atomic E-state index is 10.5. The number of ether oxygens (including phenoxy) is 2. The molecule has 0 amide bonds. The summed E-state index contributed by atoms with van der Waals surface area (Å²) in [5, 5.41) is 10.5. The fourth-order valence-corrected chi connectivity index (χ4v) is 3.53. The summed E-state index contributed by atoms with van der Waals surface area (Å²) in [7, 11) is 0. The lowest BCUT2D eigenvalue weighted by atomic mass is 9.91. The third-order valence-electron chi connectivity index (χ3n) is 5.33. The second-order valence-electron chi connectivity index (χ2n) is 8.29. The van der Waals surface area contributed by atoms with Crippen LogP contribution >= 0.6 is 0 Å². The fourth-order valence-electron chi connectivity index (χ4n) is 3.53. The molecule has 0 bridgehead atoms. The van der Waals surface area contributed by atoms with E-state index in [0.717, 1.165) is 32.1 Å². The molecule has 1 unspecified atom stereocenters. The molecule has 0 aromatic carbocycles. The van der Waals surface area contributed by atoms with Crippen LogP contribution in [0, 0.1) is 0 Å². The van der Waals surface area contributed by atoms with E-state index in [1.807, 2.05) is 13.8 Å². The zero-order chi connectivity index (χ0) is 18.6. The van der Waals surface area contributed by atoms with Crippen molar-refractivity contribution in [3.63, 3.8) is 0 Å². The van der Waals surface area contributed by atoms with E-state index >= 15 is 0 Å². The molecule has 1 heterocycles. The third kappa shape index (κ3) is 11.0. The van der Waals surface area contributed by atoms with Crippen LogP contribution in [0.1, 0.15) is 105 Å². The van der Waals surface area contributed by atoms with Crippen LogP contribution in [0.25, 0.3) is 0 Å². The lowest BCUT2D eigenvalue weighted by Crippen LogP contribution is -2.28. The smallest absolute Gasteiger partial charge is 0.165 e. The summed E-state index contributed by atoms with van der Waals surface area (Å²) in [4.78, 5) is 0. The summed E-state index contributed by atoms with van der Waals surface area (Å²) in [6.07, 6.45) is 15.9. The normalized spacial score (nSPS) is 20.0. The first-order valence-electron chi connectivity index (χ1n) is 10.5. The summed E-state index contributed by atoms with van der Waals surface area (Å²) >= 11 is 0. The van der Waals surface area contributed by atoms with Crippen LogP contribution in [0.15, 0.2) is 11.6 Å². The van der Waals surface area contributed by atoms with Gasteiger partial charge in [0.05, 0.1) is 18.8 Å². The van der Waals surface area contributed by atoms with Gasteiger partial charge >= 0.3 is 0 Å². The Labute approximate surface area is 156 Å². The monoisotopic (exact) mass is 354 g/mol. The predicted molar refractivity (Wildman–Crippen MR) is 106 cm³/mol. The topological polar surface area (TPSA) is 38.7 Å². The molecule has 1 saturated heterocycles. The van der Waals surface area contributed by atoms with E-state index in [2.05, 4.69) is 19.9 Å². The molecule has 0 aromatic heterocycles. The summed E-state index contributed by atoms with van der Waals surface area (Å²) < 4.78 is 11.2. The first-order valence-corrected chi connectivity index (χ1v) is 10.5. The Morgan fingerprint density at radius 3 is 2.36 bits per heavy atom. The minimum absolute atomic E-state index is 0.418. The van der Waals surface area contributed by atoms with Gasteiger partial charge in [0.1, 0.15) is 0 Å². The molecule has 1 aliphatic rings. The van der Waals surface area contributed by atoms with Crippen molar-refractivity contribution in [2.75, 3.05) is 13.2 Å². The molecule has 1 N–H and O–H groups in total. The molecule has 1 fully saturated rings. The van der Waals surface area contributed by atoms with Crippen LogP contribution in [0.4, 0.5) is 0 Å². The van der Waals surface area contributed by atoms with Gasteiger partial charge in [-0.15, -0.1) is 0 Å². The number of allylic oxidation sites excluding steroid dienone is 2. The van der Waals surface area contributed by atoms with Crippen molar-refractivity contribution in [1.82, 2.24) is 0 Å². The van der Waals surface area contributed by atoms with E-state index < -0.39 is 11.4 Å². The molecule has 0 aromatic rings. The molecule has 1 atom stereocenters. The molecular weight excluding hydrogens is 312 g/mol. The van der Waals surface area contributed by atoms with Crippen LogP contribution < -0.4 is 0 Å². The van der Waals surface area contributed by atoms with Gasteiger partial charge in [-0.1, -0.05) is 44.3 Å². The molecule has 0 radical (unpaired) electrons. The molecule has 3 nitrogen and oxygen atoms in total. The van der Waals surface area contributed by atoms with E-state index in [-0.39, 0.29) is 0 Å². The van der Waals surface area contributed by atoms with Crippen LogP contribution in [0.2, 0.25) is 0 Å². The van der Waals surface area contributed by atoms with Crippen molar-refractivity contribution < 1.29 is 14.6 Å². The fraction of sp³-hybridized carbons (Fsp3) is 0.909. The standard InChI is InChI=1S/C22H42O3/c1-5-6-13-20(2)14-10-8-7-9-11-15-21(3,23)16-12-17-22(4)24-18-19-25-22/h14,23H,5-13,15-19H2,1-4H3. The van der Waals surface area contributed by atoms with Gasteiger partial charge in [0.25, 0.3) is 0 Å². The largest absolute Gasteiger partial charge is 0.390 e. The van der Waals surface area contributed by atoms with Gasteiger partial charge in [0.2, 0.25) is 0 Å². The van der Waals surface area contributed by atoms with Crippen molar-refractivity contribution >= 4 is 0 Å². The summed E-state index contributed by atoms with van der Waals surface area (Å²) in [5.41, 5.74) is 1.000. The van der Waals surface area contributed by atoms with E-state index in [1.165, 1.54) is 44.9 Å². The lowest BCUT2D eigenvalue weighted by Gasteiger charge is -2.26. The second-order valence-corrected chi connectivity index (χ2v) is 8.29. The number of unbranched alkanes of at least 4 members (excludes halogenated alkanes) is 5. The second kappa shape index (κ2) is 12.1. The average molecular weight is 355 g/mol. The Balaban J connectivity index is 2.02. The van der Waals surface area contributed by atoms with Crippen LogP contribution in [-0.4, -0.2) is 29.7 Å². The molecule has 25 heavy (non-hydrogen) atoms. The molecule has 1 aliphatic heterocycles. The molecule has 0 spiro atoms. The number of hydrogen-bond donors (Lipinski definition) is 1. The minimum atomic E-state index is -0.550. The number of rotatable bonds is 14. The van der Waals surface area contributed by atoms with Gasteiger partial charge in [-0.3, -0.25) is 0 Å². The Hall–Kier alpha value is -0.380. The maximum atomic E-state index is 10.5. The van der Waals surface area contributed by atoms with Crippen LogP contribution in [0.5, 0.6) is 0 Å². The Morgan fingerprint density at radius 1 is 1.04 bits per heavy atom. The van der Waals surface area contributed by atoms with E-state index in [1.54, 1.807) is 5.57 Å². The van der Waals surface area contributed by atoms with Crippen molar-refractivity contribution in [2.45, 2.75) is 116 Å². The highest BCUT2D eigenvalue weighted by Crippen LogP contribution is 2.28. The third-order valence-corrected chi connectivity index (χ3v) is 5.33. The van der Waals surface area contributed by atoms with E-state index in [9.17, 15) is 5.11 Å². The average Bonchev–Trinajstić information content (AvgIpc) is 2.98. The molecule has 0 saturated carbocycles. The van der Waals surface area contributed by atoms with Gasteiger partial charge in [-0.25, -0.2) is 0 Å². The number of hydrogen-bond acceptors (Lipinski definition) is 3. The Morgan fingerprint density at radius 2 is 1.68 bits per heavy atom. The summed E-state index contributed by atoms with van der Waals surface area (Å²) in [6, 6.07) is 0. The highest BCUT2D eigenvalue weighted by Gasteiger charge is 2.31. The predicted octanol–water partition coefficient (Wildman–Crippen LogP) is 6.15. The quantitative estimate of drug-likeness (QED) is 0.300. The first kappa shape index (κ1) is 22.7. The van der Waals surface area contributed by atoms with E-state index in [0.29, 0.717) is 13.2 Å². The van der Waals surface area contributed by atoms with Gasteiger partial charge in [0.15, 0.2) is 5.79 Å². The highest BCUT2D eigenvalue weighted by molar-refractivity contribution is 4.97. The van der Waals surface area contributed by atoms with Gasteiger partial charge < -0.3 is 14.6 Å². The lowest BCUT2D eigenvalue weighted by molar-refractivity contribution is -0.149. The SMILES string of the molecule is CCCCC(C)=CCCCCCCC(C)(O)CCCC1(C)OCCO1. The Kier molecular flexibility index (Phi) is 11.0. The minimum Gasteiger partial charge on any atom is -0.390 e. The molecule has 1 rings (SSSR count). The number of aliphatic hydroxyl groups is 1. The molecule has 148 valence electrons. The summed E-state index contributed by atoms with van der Waals surface area (Å²) in [5.74, 6) is -0.418. The Bertz CT molecular complexity index is 367. The molecular formula is C22H42O3. The van der Waals surface area contributed by atoms with Crippen molar-refractivity contribution in [1.29, 1.82) is 0 Å². The van der Waals surface area contributed by atoms with Crippen LogP contribution in [-0.2, 0) is 9.47 Å². The summed E-state index contributed by atoms with van der Waals surface area (Å²) in [6.45, 7) is 9.88. The maximum Gasteiger partial charge on any atom is 0.165 e. The first-order chi connectivity index (χ1) is 11.9. The zero-order valence-electron chi connectivity index (χ0n) is 17.2. The van der Waals surface area contributed by atoms with Crippen molar-refractivity contribution in [3.8, 4) is 0 Å².